The van der Waals surface area contributed by atoms with Crippen molar-refractivity contribution < 1.29 is 38.2 Å². The average molecular weight is 518 g/mol. The molecule has 188 valence electrons. The van der Waals surface area contributed by atoms with E-state index in [0.29, 0.717) is 12.2 Å². The van der Waals surface area contributed by atoms with E-state index in [1.807, 2.05) is 20.8 Å². The van der Waals surface area contributed by atoms with Gasteiger partial charge in [-0.15, -0.1) is 9.05 Å². The molecule has 0 aromatic carbocycles. The zero-order valence-corrected chi connectivity index (χ0v) is 21.2. The topological polar surface area (TPSA) is 176 Å². The lowest BCUT2D eigenvalue weighted by Crippen LogP contribution is -2.44. The summed E-state index contributed by atoms with van der Waals surface area (Å²) in [5.41, 5.74) is 3.57. The van der Waals surface area contributed by atoms with Crippen molar-refractivity contribution in [2.75, 3.05) is 19.0 Å². The van der Waals surface area contributed by atoms with Gasteiger partial charge in [-0.3, -0.25) is 14.2 Å². The van der Waals surface area contributed by atoms with Crippen molar-refractivity contribution >= 4 is 42.6 Å². The van der Waals surface area contributed by atoms with Gasteiger partial charge in [0.05, 0.1) is 12.7 Å². The molecular weight excluding hydrogens is 487 g/mol. The van der Waals surface area contributed by atoms with Crippen LogP contribution in [0.5, 0.6) is 0 Å². The normalized spacial score (nSPS) is 27.5. The van der Waals surface area contributed by atoms with Crippen LogP contribution in [-0.2, 0) is 23.1 Å². The minimum atomic E-state index is -2.54. The largest absolute Gasteiger partial charge is 0.697 e. The maximum absolute atomic E-state index is 12.1. The summed E-state index contributed by atoms with van der Waals surface area (Å²) in [4.78, 5) is 32.4. The number of aliphatic imine (C=N–C) groups is 1. The number of nitrogens with zero attached hydrogens (tertiary/aromatic N) is 3. The molecule has 0 saturated carbocycles. The Morgan fingerprint density at radius 1 is 1.47 bits per heavy atom. The van der Waals surface area contributed by atoms with Crippen LogP contribution >= 0.6 is 20.0 Å². The zero-order valence-electron chi connectivity index (χ0n) is 19.5. The highest BCUT2D eigenvalue weighted by Crippen LogP contribution is 2.42. The summed E-state index contributed by atoms with van der Waals surface area (Å²) in [6.45, 7) is 6.72. The molecule has 3 heterocycles. The number of rotatable bonds is 10. The molecule has 0 aliphatic carbocycles. The van der Waals surface area contributed by atoms with Gasteiger partial charge in [-0.25, -0.2) is 9.98 Å². The number of imidazole rings is 1. The van der Waals surface area contributed by atoms with Gasteiger partial charge >= 0.3 is 8.25 Å². The molecule has 4 N–H and O–H groups in total. The van der Waals surface area contributed by atoms with E-state index in [1.54, 1.807) is 0 Å². The number of amidine groups is 1. The van der Waals surface area contributed by atoms with Crippen LogP contribution in [0.2, 0.25) is 0 Å². The second-order valence-electron chi connectivity index (χ2n) is 8.95. The van der Waals surface area contributed by atoms with Crippen molar-refractivity contribution in [2.24, 2.45) is 16.1 Å². The lowest BCUT2D eigenvalue weighted by atomic mass is 9.92. The molecule has 5 atom stereocenters. The first-order chi connectivity index (χ1) is 15.9. The predicted octanol–water partition coefficient (Wildman–Crippen LogP) is 1.85. The number of hydrogen-bond donors (Lipinski definition) is 3. The van der Waals surface area contributed by atoms with Gasteiger partial charge in [0.25, 0.3) is 0 Å². The number of aliphatic hydroxyl groups is 2. The number of ether oxygens (including phenoxy) is 1. The van der Waals surface area contributed by atoms with Crippen molar-refractivity contribution in [3.8, 4) is 0 Å². The van der Waals surface area contributed by atoms with E-state index in [-0.39, 0.29) is 47.9 Å². The maximum Gasteiger partial charge on any atom is 0.697 e. The van der Waals surface area contributed by atoms with Crippen molar-refractivity contribution in [1.29, 1.82) is 0 Å². The number of Topliss-reactive ketones (excluding diaryl/α,β-unsaturated/α-hetero) is 1. The Hall–Kier alpha value is -1.73. The number of carbonyl (C=O) groups excluding carboxylic acids is 2. The Labute approximate surface area is 202 Å². The number of aromatic nitrogens is 2. The van der Waals surface area contributed by atoms with Gasteiger partial charge in [-0.1, -0.05) is 32.5 Å². The fourth-order valence-electron chi connectivity index (χ4n) is 3.39. The number of ketones is 1. The van der Waals surface area contributed by atoms with Gasteiger partial charge < -0.3 is 20.7 Å². The molecule has 34 heavy (non-hydrogen) atoms. The van der Waals surface area contributed by atoms with E-state index in [1.165, 1.54) is 17.8 Å². The molecule has 0 spiro atoms. The van der Waals surface area contributed by atoms with Gasteiger partial charge in [0, 0.05) is 15.7 Å². The zero-order chi connectivity index (χ0) is 25.3. The van der Waals surface area contributed by atoms with Crippen LogP contribution in [0, 0.1) is 5.41 Å². The van der Waals surface area contributed by atoms with Gasteiger partial charge in [0.2, 0.25) is 0 Å². The Bertz CT molecular complexity index is 995. The van der Waals surface area contributed by atoms with Crippen LogP contribution < -0.4 is 5.73 Å². The predicted molar refractivity (Wildman–Crippen MR) is 124 cm³/mol. The summed E-state index contributed by atoms with van der Waals surface area (Å²) in [6, 6.07) is 0. The van der Waals surface area contributed by atoms with Crippen molar-refractivity contribution in [3.63, 3.8) is 0 Å². The summed E-state index contributed by atoms with van der Waals surface area (Å²) in [5.74, 6) is 0.233. The summed E-state index contributed by atoms with van der Waals surface area (Å²) >= 11 is 1.11. The molecule has 2 unspecified atom stereocenters. The first-order valence-corrected chi connectivity index (χ1v) is 12.9. The van der Waals surface area contributed by atoms with E-state index in [2.05, 4.69) is 9.98 Å². The lowest BCUT2D eigenvalue weighted by Gasteiger charge is -2.28. The molecule has 0 amide bonds. The molecule has 0 radical (unpaired) electrons. The maximum atomic E-state index is 12.1. The second-order valence-corrected chi connectivity index (χ2v) is 11.0. The number of hydrogen-bond acceptors (Lipinski definition) is 12. The molecule has 14 heteroatoms. The minimum absolute atomic E-state index is 0.0278. The van der Waals surface area contributed by atoms with Crippen LogP contribution in [0.4, 0.5) is 5.82 Å². The van der Waals surface area contributed by atoms with Crippen molar-refractivity contribution in [1.82, 2.24) is 9.55 Å². The van der Waals surface area contributed by atoms with Crippen LogP contribution in [0.1, 0.15) is 57.3 Å². The quantitative estimate of drug-likeness (QED) is 0.305. The summed E-state index contributed by atoms with van der Waals surface area (Å²) in [6.07, 6.45) is -1.68. The van der Waals surface area contributed by atoms with Gasteiger partial charge in [-0.05, 0) is 13.3 Å². The Balaban J connectivity index is 1.54. The van der Waals surface area contributed by atoms with Gasteiger partial charge in [0.1, 0.15) is 36.9 Å². The highest BCUT2D eigenvalue weighted by molar-refractivity contribution is 8.13. The number of nitrogens with two attached hydrogens (primary N) is 1. The number of thioether (sulfide) groups is 1. The summed E-state index contributed by atoms with van der Waals surface area (Å²) in [5, 5.41) is 21.5. The fraction of sp³-hybridized carbons (Fsp3) is 0.700. The fourth-order valence-corrected chi connectivity index (χ4v) is 4.99. The van der Waals surface area contributed by atoms with Crippen LogP contribution in [0.25, 0.3) is 0 Å². The molecule has 0 bridgehead atoms. The van der Waals surface area contributed by atoms with Crippen LogP contribution in [0.3, 0.4) is 0 Å². The van der Waals surface area contributed by atoms with Crippen molar-refractivity contribution in [2.45, 2.75) is 64.6 Å². The first-order valence-electron chi connectivity index (χ1n) is 10.8. The summed E-state index contributed by atoms with van der Waals surface area (Å²) in [7, 11) is -2.54. The Kier molecular flexibility index (Phi) is 8.29. The number of aliphatic hydroxyl groups excluding tert-OH is 1. The van der Waals surface area contributed by atoms with Crippen molar-refractivity contribution in [3.05, 3.63) is 12.0 Å². The van der Waals surface area contributed by atoms with E-state index in [9.17, 15) is 24.4 Å². The third-order valence-electron chi connectivity index (χ3n) is 5.92. The highest BCUT2D eigenvalue weighted by atomic mass is 32.2. The SMILES string of the molecule is CCC(C)(C)C(=O)SCCO[P+](=O)OC[C@H]1O[C@@H](n2cnc3c2N=C(N)CC3=O)C(C)(O)[C@H]1O. The molecular formula is C20H30N4O8PS+. The number of carbonyl (C=O) groups is 2. The van der Waals surface area contributed by atoms with Crippen LogP contribution in [-0.4, -0.2) is 73.3 Å². The van der Waals surface area contributed by atoms with Gasteiger partial charge in [0.15, 0.2) is 28.6 Å². The lowest BCUT2D eigenvalue weighted by molar-refractivity contribution is -0.118. The van der Waals surface area contributed by atoms with Gasteiger partial charge in [-0.2, -0.15) is 0 Å². The average Bonchev–Trinajstić information content (AvgIpc) is 3.28. The molecule has 2 aliphatic heterocycles. The molecule has 12 nitrogen and oxygen atoms in total. The molecule has 3 rings (SSSR count). The molecule has 1 aromatic heterocycles. The molecule has 1 fully saturated rings. The Morgan fingerprint density at radius 2 is 2.18 bits per heavy atom. The molecule has 1 aromatic rings. The smallest absolute Gasteiger partial charge is 0.387 e. The third kappa shape index (κ3) is 5.56. The van der Waals surface area contributed by atoms with E-state index in [4.69, 9.17) is 19.5 Å². The Morgan fingerprint density at radius 3 is 2.85 bits per heavy atom. The van der Waals surface area contributed by atoms with Crippen LogP contribution in [0.15, 0.2) is 11.3 Å². The van der Waals surface area contributed by atoms with E-state index >= 15 is 0 Å². The third-order valence-corrected chi connectivity index (χ3v) is 7.86. The first kappa shape index (κ1) is 26.9. The second kappa shape index (κ2) is 10.5. The highest BCUT2D eigenvalue weighted by Gasteiger charge is 2.54. The van der Waals surface area contributed by atoms with E-state index in [0.717, 1.165) is 11.8 Å². The standard InChI is InChI=1S/C20H29N4O8PS/c1-5-19(2,3)18(27)34-7-6-30-33(29)31-9-12-15(26)20(4,28)17(32-12)24-10-22-14-11(25)8-13(21)23-16(14)24/h10,12,15,17,26,28H,5-9H2,1-4H3,(H-,21,23,25)/p+1/t12-,15+,17-,20?/m1/s1. The van der Waals surface area contributed by atoms with E-state index < -0.39 is 37.7 Å². The summed E-state index contributed by atoms with van der Waals surface area (Å²) < 4.78 is 29.4. The number of fused-ring (bicyclic) bond motifs is 1. The molecule has 1 saturated heterocycles. The monoisotopic (exact) mass is 517 g/mol. The molecule has 2 aliphatic rings. The minimum Gasteiger partial charge on any atom is -0.387 e.